The van der Waals surface area contributed by atoms with Crippen molar-refractivity contribution >= 4 is 16.9 Å². The van der Waals surface area contributed by atoms with E-state index >= 15 is 0 Å². The summed E-state index contributed by atoms with van der Waals surface area (Å²) in [5.41, 5.74) is 1.51. The quantitative estimate of drug-likeness (QED) is 0.844. The van der Waals surface area contributed by atoms with Crippen LogP contribution in [0.15, 0.2) is 33.5 Å². The highest BCUT2D eigenvalue weighted by molar-refractivity contribution is 5.79. The van der Waals surface area contributed by atoms with Crippen molar-refractivity contribution in [3.8, 4) is 0 Å². The summed E-state index contributed by atoms with van der Waals surface area (Å²) in [6.45, 7) is 6.94. The zero-order chi connectivity index (χ0) is 14.1. The number of benzene rings is 1. The molecule has 0 amide bonds. The van der Waals surface area contributed by atoms with E-state index in [-0.39, 0.29) is 11.3 Å². The third kappa shape index (κ3) is 2.20. The third-order valence-corrected chi connectivity index (χ3v) is 3.69. The molecule has 1 fully saturated rings. The predicted octanol–water partition coefficient (Wildman–Crippen LogP) is 2.75. The van der Waals surface area contributed by atoms with E-state index in [0.29, 0.717) is 30.1 Å². The number of nitrogens with zero attached hydrogens (tertiary/aromatic N) is 1. The fourth-order valence-corrected chi connectivity index (χ4v) is 2.66. The lowest BCUT2D eigenvalue weighted by atomic mass is 10.0. The molecule has 106 valence electrons. The minimum absolute atomic E-state index is 0.0864. The van der Waals surface area contributed by atoms with Crippen molar-refractivity contribution in [2.75, 3.05) is 31.2 Å². The van der Waals surface area contributed by atoms with Gasteiger partial charge in [0, 0.05) is 13.1 Å². The van der Waals surface area contributed by atoms with Crippen LogP contribution in [-0.2, 0) is 4.74 Å². The standard InChI is InChI=1S/C16H19NO3/c1-11(2)14-15(18)12-5-3-4-6-13(12)20-16(14)17-7-9-19-10-8-17/h3-6,11H,7-10H2,1-2H3. The Morgan fingerprint density at radius 2 is 1.85 bits per heavy atom. The van der Waals surface area contributed by atoms with Crippen LogP contribution < -0.4 is 10.3 Å². The van der Waals surface area contributed by atoms with Gasteiger partial charge in [0.2, 0.25) is 5.88 Å². The smallest absolute Gasteiger partial charge is 0.203 e. The fourth-order valence-electron chi connectivity index (χ4n) is 2.66. The van der Waals surface area contributed by atoms with Crippen molar-refractivity contribution < 1.29 is 9.15 Å². The SMILES string of the molecule is CC(C)c1c(N2CCOCC2)oc2ccccc2c1=O. The molecule has 1 aromatic heterocycles. The summed E-state index contributed by atoms with van der Waals surface area (Å²) in [5, 5.41) is 0.660. The number of fused-ring (bicyclic) bond motifs is 1. The lowest BCUT2D eigenvalue weighted by Crippen LogP contribution is -2.37. The van der Waals surface area contributed by atoms with E-state index in [4.69, 9.17) is 9.15 Å². The molecule has 0 bridgehead atoms. The zero-order valence-corrected chi connectivity index (χ0v) is 11.9. The molecule has 0 spiro atoms. The average molecular weight is 273 g/mol. The van der Waals surface area contributed by atoms with Gasteiger partial charge in [0.25, 0.3) is 0 Å². The van der Waals surface area contributed by atoms with E-state index in [1.165, 1.54) is 0 Å². The highest BCUT2D eigenvalue weighted by Gasteiger charge is 2.23. The minimum atomic E-state index is 0.0864. The van der Waals surface area contributed by atoms with Gasteiger partial charge in [-0.25, -0.2) is 0 Å². The first-order valence-corrected chi connectivity index (χ1v) is 7.07. The summed E-state index contributed by atoms with van der Waals surface area (Å²) < 4.78 is 11.4. The summed E-state index contributed by atoms with van der Waals surface area (Å²) in [6.07, 6.45) is 0. The van der Waals surface area contributed by atoms with Crippen LogP contribution in [0.3, 0.4) is 0 Å². The Morgan fingerprint density at radius 1 is 1.15 bits per heavy atom. The van der Waals surface area contributed by atoms with Crippen LogP contribution in [0.2, 0.25) is 0 Å². The molecule has 1 aliphatic rings. The molecule has 0 unspecified atom stereocenters. The molecule has 0 atom stereocenters. The Labute approximate surface area is 118 Å². The lowest BCUT2D eigenvalue weighted by molar-refractivity contribution is 0.120. The van der Waals surface area contributed by atoms with Crippen molar-refractivity contribution in [2.24, 2.45) is 0 Å². The molecule has 3 rings (SSSR count). The van der Waals surface area contributed by atoms with E-state index < -0.39 is 0 Å². The largest absolute Gasteiger partial charge is 0.440 e. The predicted molar refractivity (Wildman–Crippen MR) is 79.6 cm³/mol. The molecule has 0 radical (unpaired) electrons. The number of morpholine rings is 1. The lowest BCUT2D eigenvalue weighted by Gasteiger charge is -2.29. The second-order valence-corrected chi connectivity index (χ2v) is 5.40. The van der Waals surface area contributed by atoms with E-state index in [2.05, 4.69) is 4.90 Å². The van der Waals surface area contributed by atoms with Crippen LogP contribution >= 0.6 is 0 Å². The normalized spacial score (nSPS) is 16.1. The highest BCUT2D eigenvalue weighted by atomic mass is 16.5. The summed E-state index contributed by atoms with van der Waals surface area (Å²) in [6, 6.07) is 7.45. The molecule has 1 aliphatic heterocycles. The molecule has 0 saturated carbocycles. The van der Waals surface area contributed by atoms with E-state index in [0.717, 1.165) is 18.7 Å². The number of para-hydroxylation sites is 1. The van der Waals surface area contributed by atoms with Gasteiger partial charge in [-0.15, -0.1) is 0 Å². The molecule has 1 saturated heterocycles. The van der Waals surface area contributed by atoms with Crippen LogP contribution in [0.5, 0.6) is 0 Å². The van der Waals surface area contributed by atoms with Crippen LogP contribution in [-0.4, -0.2) is 26.3 Å². The second kappa shape index (κ2) is 5.29. The number of rotatable bonds is 2. The van der Waals surface area contributed by atoms with Crippen molar-refractivity contribution in [3.05, 3.63) is 40.1 Å². The van der Waals surface area contributed by atoms with E-state index in [1.807, 2.05) is 38.1 Å². The Morgan fingerprint density at radius 3 is 2.55 bits per heavy atom. The Balaban J connectivity index is 2.23. The van der Waals surface area contributed by atoms with Gasteiger partial charge >= 0.3 is 0 Å². The molecule has 0 aliphatic carbocycles. The summed E-state index contributed by atoms with van der Waals surface area (Å²) >= 11 is 0. The molecule has 0 N–H and O–H groups in total. The molecule has 2 heterocycles. The number of hydrogen-bond acceptors (Lipinski definition) is 4. The molecule has 4 nitrogen and oxygen atoms in total. The Kier molecular flexibility index (Phi) is 3.49. The molecule has 4 heteroatoms. The van der Waals surface area contributed by atoms with Crippen LogP contribution in [0, 0.1) is 0 Å². The highest BCUT2D eigenvalue weighted by Crippen LogP contribution is 2.29. The van der Waals surface area contributed by atoms with Crippen molar-refractivity contribution in [1.29, 1.82) is 0 Å². The number of ether oxygens (including phenoxy) is 1. The van der Waals surface area contributed by atoms with Crippen LogP contribution in [0.1, 0.15) is 25.3 Å². The monoisotopic (exact) mass is 273 g/mol. The summed E-state index contributed by atoms with van der Waals surface area (Å²) in [5.74, 6) is 0.848. The van der Waals surface area contributed by atoms with E-state index in [9.17, 15) is 4.79 Å². The second-order valence-electron chi connectivity index (χ2n) is 5.40. The fraction of sp³-hybridized carbons (Fsp3) is 0.438. The van der Waals surface area contributed by atoms with Crippen molar-refractivity contribution in [2.45, 2.75) is 19.8 Å². The van der Waals surface area contributed by atoms with Gasteiger partial charge in [-0.1, -0.05) is 26.0 Å². The first kappa shape index (κ1) is 13.2. The van der Waals surface area contributed by atoms with Crippen molar-refractivity contribution in [1.82, 2.24) is 0 Å². The zero-order valence-electron chi connectivity index (χ0n) is 11.9. The maximum Gasteiger partial charge on any atom is 0.203 e. The molecule has 1 aromatic carbocycles. The van der Waals surface area contributed by atoms with Crippen LogP contribution in [0.25, 0.3) is 11.0 Å². The molecule has 2 aromatic rings. The van der Waals surface area contributed by atoms with Crippen LogP contribution in [0.4, 0.5) is 5.88 Å². The molecular weight excluding hydrogens is 254 g/mol. The van der Waals surface area contributed by atoms with Gasteiger partial charge in [0.15, 0.2) is 5.43 Å². The maximum atomic E-state index is 12.7. The number of hydrogen-bond donors (Lipinski definition) is 0. The van der Waals surface area contributed by atoms with Crippen molar-refractivity contribution in [3.63, 3.8) is 0 Å². The van der Waals surface area contributed by atoms with Gasteiger partial charge in [-0.05, 0) is 18.1 Å². The topological polar surface area (TPSA) is 42.7 Å². The Bertz CT molecular complexity index is 669. The minimum Gasteiger partial charge on any atom is -0.440 e. The van der Waals surface area contributed by atoms with Gasteiger partial charge in [-0.3, -0.25) is 4.79 Å². The maximum absolute atomic E-state index is 12.7. The number of anilines is 1. The van der Waals surface area contributed by atoms with Gasteiger partial charge < -0.3 is 14.1 Å². The third-order valence-electron chi connectivity index (χ3n) is 3.69. The van der Waals surface area contributed by atoms with Gasteiger partial charge in [0.05, 0.1) is 24.2 Å². The summed E-state index contributed by atoms with van der Waals surface area (Å²) in [4.78, 5) is 14.8. The van der Waals surface area contributed by atoms with E-state index in [1.54, 1.807) is 0 Å². The first-order chi connectivity index (χ1) is 9.68. The Hall–Kier alpha value is -1.81. The van der Waals surface area contributed by atoms with Gasteiger partial charge in [-0.2, -0.15) is 0 Å². The average Bonchev–Trinajstić information content (AvgIpc) is 2.47. The summed E-state index contributed by atoms with van der Waals surface area (Å²) in [7, 11) is 0. The molecular formula is C16H19NO3. The first-order valence-electron chi connectivity index (χ1n) is 7.07. The van der Waals surface area contributed by atoms with Gasteiger partial charge in [0.1, 0.15) is 5.58 Å². The molecule has 20 heavy (non-hydrogen) atoms.